The van der Waals surface area contributed by atoms with E-state index in [1.807, 2.05) is 24.5 Å². The Balaban J connectivity index is 1.17. The Bertz CT molecular complexity index is 1370. The first-order valence-corrected chi connectivity index (χ1v) is 14.4. The molecular weight excluding hydrogens is 504 g/mol. The number of pyridine rings is 1. The lowest BCUT2D eigenvalue weighted by molar-refractivity contribution is -0.129. The van der Waals surface area contributed by atoms with Crippen molar-refractivity contribution in [3.05, 3.63) is 60.6 Å². The van der Waals surface area contributed by atoms with Crippen LogP contribution in [-0.2, 0) is 11.3 Å². The zero-order valence-electron chi connectivity index (χ0n) is 22.7. The highest BCUT2D eigenvalue weighted by Gasteiger charge is 2.54. The number of anilines is 3. The summed E-state index contributed by atoms with van der Waals surface area (Å²) in [5.41, 5.74) is 3.78. The number of amides is 1. The van der Waals surface area contributed by atoms with E-state index in [0.717, 1.165) is 74.6 Å². The molecule has 3 fully saturated rings. The highest BCUT2D eigenvalue weighted by atomic mass is 16.3. The summed E-state index contributed by atoms with van der Waals surface area (Å²) >= 11 is 0. The molecule has 8 heterocycles. The van der Waals surface area contributed by atoms with Crippen LogP contribution in [0.25, 0.3) is 11.1 Å². The van der Waals surface area contributed by atoms with E-state index in [1.165, 1.54) is 5.56 Å². The molecule has 2 aromatic heterocycles. The van der Waals surface area contributed by atoms with Crippen molar-refractivity contribution >= 4 is 23.4 Å². The lowest BCUT2D eigenvalue weighted by atomic mass is 10.1. The lowest BCUT2D eigenvalue weighted by Crippen LogP contribution is -2.56. The van der Waals surface area contributed by atoms with Gasteiger partial charge in [-0.15, -0.1) is 0 Å². The van der Waals surface area contributed by atoms with E-state index in [1.54, 1.807) is 6.20 Å². The number of aliphatic hydroxyl groups excluding tert-OH is 1. The van der Waals surface area contributed by atoms with E-state index < -0.39 is 6.10 Å². The van der Waals surface area contributed by atoms with Crippen molar-refractivity contribution in [1.82, 2.24) is 30.1 Å². The van der Waals surface area contributed by atoms with Gasteiger partial charge in [0.25, 0.3) is 0 Å². The Kier molecular flexibility index (Phi) is 6.61. The number of carbonyl (C=O) groups is 1. The second-order valence-electron chi connectivity index (χ2n) is 11.6. The highest BCUT2D eigenvalue weighted by molar-refractivity contribution is 5.89. The molecule has 10 heteroatoms. The van der Waals surface area contributed by atoms with Crippen molar-refractivity contribution in [2.24, 2.45) is 0 Å². The molecule has 0 radical (unpaired) electrons. The largest absolute Gasteiger partial charge is 0.391 e. The number of hydrogen-bond acceptors (Lipinski definition) is 9. The van der Waals surface area contributed by atoms with E-state index >= 15 is 0 Å². The van der Waals surface area contributed by atoms with E-state index in [-0.39, 0.29) is 17.5 Å². The summed E-state index contributed by atoms with van der Waals surface area (Å²) in [4.78, 5) is 34.2. The number of carbonyl (C=O) groups excluding carboxylic acids is 1. The monoisotopic (exact) mass is 540 g/mol. The van der Waals surface area contributed by atoms with Gasteiger partial charge in [0.15, 0.2) is 0 Å². The van der Waals surface area contributed by atoms with Gasteiger partial charge >= 0.3 is 0 Å². The Morgan fingerprint density at radius 3 is 2.60 bits per heavy atom. The number of piperazine rings is 1. The molecule has 7 aliphatic rings. The predicted octanol–water partition coefficient (Wildman–Crippen LogP) is 2.39. The summed E-state index contributed by atoms with van der Waals surface area (Å²) in [7, 11) is 0. The number of benzene rings is 1. The van der Waals surface area contributed by atoms with E-state index in [2.05, 4.69) is 64.6 Å². The van der Waals surface area contributed by atoms with Gasteiger partial charge in [-0.05, 0) is 61.1 Å². The van der Waals surface area contributed by atoms with Crippen LogP contribution < -0.4 is 15.5 Å². The highest BCUT2D eigenvalue weighted by Crippen LogP contribution is 2.42. The summed E-state index contributed by atoms with van der Waals surface area (Å²) < 4.78 is 0. The fourth-order valence-corrected chi connectivity index (χ4v) is 6.52. The maximum Gasteiger partial charge on any atom is 0.240 e. The van der Waals surface area contributed by atoms with Crippen molar-refractivity contribution in [3.63, 3.8) is 0 Å². The molecule has 8 bridgehead atoms. The number of aromatic nitrogens is 3. The van der Waals surface area contributed by atoms with Crippen LogP contribution in [0.2, 0.25) is 0 Å². The number of nitrogens with zero attached hydrogens (tertiary/aromatic N) is 6. The van der Waals surface area contributed by atoms with Crippen molar-refractivity contribution in [3.8, 4) is 11.1 Å². The maximum atomic E-state index is 13.3. The molecule has 10 rings (SSSR count). The first-order valence-electron chi connectivity index (χ1n) is 14.4. The van der Waals surface area contributed by atoms with E-state index in [9.17, 15) is 9.90 Å². The molecule has 1 spiro atoms. The van der Waals surface area contributed by atoms with Gasteiger partial charge in [0.1, 0.15) is 11.4 Å². The number of hydrogen-bond donors (Lipinski definition) is 3. The second kappa shape index (κ2) is 10.4. The predicted molar refractivity (Wildman–Crippen MR) is 153 cm³/mol. The Morgan fingerprint density at radius 1 is 0.975 bits per heavy atom. The van der Waals surface area contributed by atoms with Crippen LogP contribution in [0.15, 0.2) is 55.0 Å². The Morgan fingerprint density at radius 2 is 1.80 bits per heavy atom. The summed E-state index contributed by atoms with van der Waals surface area (Å²) in [5.74, 6) is 1.52. The molecule has 2 saturated heterocycles. The van der Waals surface area contributed by atoms with Crippen LogP contribution in [0.4, 0.5) is 17.5 Å². The zero-order chi connectivity index (χ0) is 27.1. The Labute approximate surface area is 234 Å². The van der Waals surface area contributed by atoms with Crippen LogP contribution in [0, 0.1) is 0 Å². The standard InChI is InChI=1S/C30H36N8O2/c39-26-16-25-5-9-32-28(40)30(6-7-30)37-12-10-36(11-13-37)19-21-2-1-3-24(14-21)35-27-15-22(4-8-31-27)23-17-33-29(34-18-23)38(25)20-26/h1-4,8,14-15,17-18,25-26,39H,5-7,9-13,16,19-20H2,(H,31,35)(H,32,40). The number of nitrogens with one attached hydrogen (secondary N) is 2. The fraction of sp³-hybridized carbons (Fsp3) is 0.467. The second-order valence-corrected chi connectivity index (χ2v) is 11.6. The van der Waals surface area contributed by atoms with Gasteiger partial charge in [-0.3, -0.25) is 14.6 Å². The molecule has 6 aliphatic heterocycles. The Hall–Kier alpha value is -3.60. The van der Waals surface area contributed by atoms with Gasteiger partial charge in [-0.25, -0.2) is 15.0 Å². The molecular formula is C30H36N8O2. The maximum absolute atomic E-state index is 13.3. The van der Waals surface area contributed by atoms with E-state index in [4.69, 9.17) is 0 Å². The average molecular weight is 541 g/mol. The van der Waals surface area contributed by atoms with Crippen molar-refractivity contribution in [2.45, 2.75) is 49.9 Å². The summed E-state index contributed by atoms with van der Waals surface area (Å²) in [6, 6.07) is 12.5. The molecule has 10 nitrogen and oxygen atoms in total. The summed E-state index contributed by atoms with van der Waals surface area (Å²) in [5, 5.41) is 17.1. The number of rotatable bonds is 0. The van der Waals surface area contributed by atoms with Gasteiger partial charge < -0.3 is 20.6 Å². The third-order valence-electron chi connectivity index (χ3n) is 8.87. The molecule has 1 amide bonds. The minimum Gasteiger partial charge on any atom is -0.391 e. The summed E-state index contributed by atoms with van der Waals surface area (Å²) in [6.07, 6.45) is 8.27. The van der Waals surface area contributed by atoms with Crippen LogP contribution in [-0.4, -0.2) is 92.7 Å². The van der Waals surface area contributed by atoms with Crippen LogP contribution >= 0.6 is 0 Å². The minimum absolute atomic E-state index is 0.0770. The van der Waals surface area contributed by atoms with Crippen molar-refractivity contribution in [1.29, 1.82) is 0 Å². The fourth-order valence-electron chi connectivity index (χ4n) is 6.52. The molecule has 3 aromatic rings. The summed E-state index contributed by atoms with van der Waals surface area (Å²) in [6.45, 7) is 5.65. The third kappa shape index (κ3) is 5.02. The van der Waals surface area contributed by atoms with Gasteiger partial charge in [0.05, 0.1) is 6.10 Å². The van der Waals surface area contributed by atoms with E-state index in [0.29, 0.717) is 25.5 Å². The minimum atomic E-state index is -0.430. The van der Waals surface area contributed by atoms with Gasteiger partial charge in [-0.1, -0.05) is 12.1 Å². The lowest BCUT2D eigenvalue weighted by Gasteiger charge is -2.39. The molecule has 1 saturated carbocycles. The molecule has 3 N–H and O–H groups in total. The molecule has 1 aliphatic carbocycles. The van der Waals surface area contributed by atoms with Crippen LogP contribution in [0.5, 0.6) is 0 Å². The van der Waals surface area contributed by atoms with Gasteiger partial charge in [0, 0.05) is 81.7 Å². The van der Waals surface area contributed by atoms with Gasteiger partial charge in [-0.2, -0.15) is 0 Å². The topological polar surface area (TPSA) is 110 Å². The molecule has 2 unspecified atom stereocenters. The normalized spacial score (nSPS) is 27.6. The van der Waals surface area contributed by atoms with Gasteiger partial charge in [0.2, 0.25) is 11.9 Å². The van der Waals surface area contributed by atoms with Crippen molar-refractivity contribution < 1.29 is 9.90 Å². The van der Waals surface area contributed by atoms with Crippen LogP contribution in [0.1, 0.15) is 31.2 Å². The zero-order valence-corrected chi connectivity index (χ0v) is 22.7. The van der Waals surface area contributed by atoms with Crippen LogP contribution in [0.3, 0.4) is 0 Å². The molecule has 40 heavy (non-hydrogen) atoms. The average Bonchev–Trinajstić information content (AvgIpc) is 3.70. The quantitative estimate of drug-likeness (QED) is 0.396. The molecule has 208 valence electrons. The van der Waals surface area contributed by atoms with Crippen molar-refractivity contribution in [2.75, 3.05) is 49.5 Å². The first kappa shape index (κ1) is 25.4. The third-order valence-corrected chi connectivity index (χ3v) is 8.87. The number of aliphatic hydroxyl groups is 1. The molecule has 2 atom stereocenters. The SMILES string of the molecule is O=C1NCCC2CC(O)CN2c2ncc(cn2)-c2ccnc(c2)Nc2cccc(c2)CN2CCN(CC2)C12CC2. The smallest absolute Gasteiger partial charge is 0.240 e. The first-order chi connectivity index (χ1) is 19.6. The molecule has 1 aromatic carbocycles.